The molecule has 1 aromatic heterocycles. The smallest absolute Gasteiger partial charge is 0.222 e. The van der Waals surface area contributed by atoms with Gasteiger partial charge in [0, 0.05) is 11.6 Å². The number of nitrogens with one attached hydrogen (secondary N) is 2. The van der Waals surface area contributed by atoms with Gasteiger partial charge in [-0.1, -0.05) is 0 Å². The van der Waals surface area contributed by atoms with E-state index in [-0.39, 0.29) is 11.8 Å². The zero-order valence-electron chi connectivity index (χ0n) is 12.1. The molecule has 3 aromatic rings. The average molecular weight is 297 g/mol. The van der Waals surface area contributed by atoms with Gasteiger partial charge in [0.05, 0.1) is 23.7 Å². The molecule has 2 aromatic carbocycles. The van der Waals surface area contributed by atoms with Crippen molar-refractivity contribution in [1.82, 2.24) is 9.97 Å². The number of ether oxygens (including phenoxy) is 2. The number of quaternary nitrogens is 1. The number of aromatic nitrogens is 2. The average Bonchev–Trinajstić information content (AvgIpc) is 2.95. The molecule has 1 unspecified atom stereocenters. The number of rotatable bonds is 2. The zero-order chi connectivity index (χ0) is 15.1. The van der Waals surface area contributed by atoms with Crippen LogP contribution in [0.3, 0.4) is 0 Å². The van der Waals surface area contributed by atoms with Gasteiger partial charge in [0.2, 0.25) is 6.73 Å². The molecule has 1 aliphatic rings. The zero-order valence-corrected chi connectivity index (χ0v) is 12.1. The van der Waals surface area contributed by atoms with Gasteiger partial charge in [-0.2, -0.15) is 0 Å². The third kappa shape index (κ3) is 2.18. The molecular formula is C16H15N3O3. The van der Waals surface area contributed by atoms with Gasteiger partial charge in [0.25, 0.3) is 0 Å². The van der Waals surface area contributed by atoms with Gasteiger partial charge in [-0.25, -0.2) is 4.98 Å². The van der Waals surface area contributed by atoms with E-state index in [9.17, 15) is 5.21 Å². The third-order valence-corrected chi connectivity index (χ3v) is 3.80. The molecule has 0 aliphatic carbocycles. The van der Waals surface area contributed by atoms with E-state index in [1.54, 1.807) is 7.11 Å². The van der Waals surface area contributed by atoms with Crippen LogP contribution in [0.4, 0.5) is 0 Å². The van der Waals surface area contributed by atoms with Crippen molar-refractivity contribution in [2.45, 2.75) is 6.54 Å². The Bertz CT molecular complexity index is 827. The Morgan fingerprint density at radius 3 is 2.86 bits per heavy atom. The van der Waals surface area contributed by atoms with Crippen molar-refractivity contribution >= 4 is 11.0 Å². The molecule has 2 N–H and O–H groups in total. The summed E-state index contributed by atoms with van der Waals surface area (Å²) in [7, 11) is 1.64. The minimum atomic E-state index is 0.0988. The third-order valence-electron chi connectivity index (χ3n) is 3.80. The quantitative estimate of drug-likeness (QED) is 0.702. The predicted molar refractivity (Wildman–Crippen MR) is 81.6 cm³/mol. The van der Waals surface area contributed by atoms with Crippen LogP contribution >= 0.6 is 0 Å². The van der Waals surface area contributed by atoms with Gasteiger partial charge in [-0.15, -0.1) is 0 Å². The molecule has 1 aliphatic heterocycles. The van der Waals surface area contributed by atoms with E-state index in [1.807, 2.05) is 36.4 Å². The number of fused-ring (bicyclic) bond motifs is 2. The van der Waals surface area contributed by atoms with Crippen LogP contribution in [0.15, 0.2) is 36.4 Å². The Balaban J connectivity index is 1.76. The summed E-state index contributed by atoms with van der Waals surface area (Å²) >= 11 is 0. The topological polar surface area (TPSA) is 74.6 Å². The Kier molecular flexibility index (Phi) is 2.99. The van der Waals surface area contributed by atoms with E-state index < -0.39 is 0 Å². The standard InChI is InChI=1S/C16H15N3O3/c1-21-12-4-2-10(3-5-12)16-17-13-6-11-8-19(20)9-22-15(11)7-14(13)18-16/h2-7,19H,8-9H2,1H3,(H,17,18). The van der Waals surface area contributed by atoms with Crippen LogP contribution < -0.4 is 14.5 Å². The number of hydrogen-bond acceptors (Lipinski definition) is 4. The molecule has 0 fully saturated rings. The van der Waals surface area contributed by atoms with Crippen LogP contribution in [-0.4, -0.2) is 23.8 Å². The minimum Gasteiger partial charge on any atom is -0.632 e. The number of imidazole rings is 1. The highest BCUT2D eigenvalue weighted by Gasteiger charge is 2.17. The number of aromatic amines is 1. The number of H-pyrrole nitrogens is 1. The molecule has 4 rings (SSSR count). The van der Waals surface area contributed by atoms with E-state index in [0.29, 0.717) is 6.54 Å². The van der Waals surface area contributed by atoms with E-state index in [4.69, 9.17) is 9.47 Å². The Morgan fingerprint density at radius 2 is 2.09 bits per heavy atom. The Morgan fingerprint density at radius 1 is 1.27 bits per heavy atom. The van der Waals surface area contributed by atoms with Gasteiger partial charge < -0.3 is 24.7 Å². The number of methoxy groups -OCH3 is 1. The number of benzene rings is 2. The SMILES string of the molecule is COc1ccc(-c2nc3cc4c(cc3[nH]2)C[NH+]([O-])CO4)cc1. The van der Waals surface area contributed by atoms with Gasteiger partial charge in [0.1, 0.15) is 23.9 Å². The van der Waals surface area contributed by atoms with Gasteiger partial charge >= 0.3 is 0 Å². The fraction of sp³-hybridized carbons (Fsp3) is 0.188. The van der Waals surface area contributed by atoms with E-state index in [0.717, 1.165) is 39.5 Å². The highest BCUT2D eigenvalue weighted by Crippen LogP contribution is 2.28. The van der Waals surface area contributed by atoms with Crippen LogP contribution in [-0.2, 0) is 6.54 Å². The first-order valence-electron chi connectivity index (χ1n) is 7.04. The maximum absolute atomic E-state index is 11.5. The molecule has 0 amide bonds. The lowest BCUT2D eigenvalue weighted by molar-refractivity contribution is -0.883. The molecule has 6 nitrogen and oxygen atoms in total. The molecule has 6 heteroatoms. The van der Waals surface area contributed by atoms with Crippen molar-refractivity contribution in [2.75, 3.05) is 13.8 Å². The summed E-state index contributed by atoms with van der Waals surface area (Å²) in [4.78, 5) is 7.90. The second kappa shape index (κ2) is 5.01. The summed E-state index contributed by atoms with van der Waals surface area (Å²) in [5.41, 5.74) is 3.63. The molecule has 22 heavy (non-hydrogen) atoms. The summed E-state index contributed by atoms with van der Waals surface area (Å²) in [5.74, 6) is 2.34. The van der Waals surface area contributed by atoms with Crippen molar-refractivity contribution in [2.24, 2.45) is 0 Å². The fourth-order valence-electron chi connectivity index (χ4n) is 2.66. The van der Waals surface area contributed by atoms with Crippen LogP contribution in [0.5, 0.6) is 11.5 Å². The largest absolute Gasteiger partial charge is 0.632 e. The van der Waals surface area contributed by atoms with Gasteiger partial charge in [-0.05, 0) is 30.3 Å². The van der Waals surface area contributed by atoms with E-state index >= 15 is 0 Å². The van der Waals surface area contributed by atoms with Crippen LogP contribution in [0.1, 0.15) is 5.56 Å². The van der Waals surface area contributed by atoms with Crippen LogP contribution in [0.25, 0.3) is 22.4 Å². The van der Waals surface area contributed by atoms with Crippen molar-refractivity contribution in [3.63, 3.8) is 0 Å². The fourth-order valence-corrected chi connectivity index (χ4v) is 2.66. The second-order valence-corrected chi connectivity index (χ2v) is 5.30. The summed E-state index contributed by atoms with van der Waals surface area (Å²) in [6.07, 6.45) is 0. The molecule has 0 bridgehead atoms. The number of hydroxylamine groups is 2. The highest BCUT2D eigenvalue weighted by atomic mass is 16.6. The molecule has 0 spiro atoms. The molecule has 0 saturated carbocycles. The monoisotopic (exact) mass is 297 g/mol. The van der Waals surface area contributed by atoms with Crippen LogP contribution in [0.2, 0.25) is 0 Å². The van der Waals surface area contributed by atoms with E-state index in [1.165, 1.54) is 0 Å². The lowest BCUT2D eigenvalue weighted by atomic mass is 10.1. The first-order chi connectivity index (χ1) is 10.7. The van der Waals surface area contributed by atoms with Crippen molar-refractivity contribution in [3.8, 4) is 22.9 Å². The Labute approximate surface area is 126 Å². The molecule has 0 saturated heterocycles. The lowest BCUT2D eigenvalue weighted by Crippen LogP contribution is -3.07. The maximum Gasteiger partial charge on any atom is 0.222 e. The predicted octanol–water partition coefficient (Wildman–Crippen LogP) is 1.47. The Hall–Kier alpha value is -2.57. The highest BCUT2D eigenvalue weighted by molar-refractivity contribution is 5.82. The van der Waals surface area contributed by atoms with Crippen molar-refractivity contribution in [3.05, 3.63) is 47.2 Å². The van der Waals surface area contributed by atoms with Crippen LogP contribution in [0, 0.1) is 5.21 Å². The van der Waals surface area contributed by atoms with Crippen molar-refractivity contribution < 1.29 is 14.5 Å². The number of nitrogens with zero attached hydrogens (tertiary/aromatic N) is 1. The molecule has 0 radical (unpaired) electrons. The molecule has 112 valence electrons. The van der Waals surface area contributed by atoms with E-state index in [2.05, 4.69) is 9.97 Å². The maximum atomic E-state index is 11.5. The normalized spacial score (nSPS) is 17.1. The van der Waals surface area contributed by atoms with Gasteiger partial charge in [0.15, 0.2) is 0 Å². The van der Waals surface area contributed by atoms with Crippen molar-refractivity contribution in [1.29, 1.82) is 0 Å². The number of hydrogen-bond donors (Lipinski definition) is 2. The summed E-state index contributed by atoms with van der Waals surface area (Å²) < 4.78 is 10.6. The summed E-state index contributed by atoms with van der Waals surface area (Å²) in [6, 6.07) is 11.5. The second-order valence-electron chi connectivity index (χ2n) is 5.30. The molecule has 1 atom stereocenters. The van der Waals surface area contributed by atoms with Gasteiger partial charge in [-0.3, -0.25) is 0 Å². The minimum absolute atomic E-state index is 0.0988. The first-order valence-corrected chi connectivity index (χ1v) is 7.04. The molecule has 2 heterocycles. The molecular weight excluding hydrogens is 282 g/mol. The summed E-state index contributed by atoms with van der Waals surface area (Å²) in [6.45, 7) is 0.566. The first kappa shape index (κ1) is 13.1. The lowest BCUT2D eigenvalue weighted by Gasteiger charge is -2.28. The summed E-state index contributed by atoms with van der Waals surface area (Å²) in [5, 5.41) is 11.6.